The number of hydrogen-bond acceptors (Lipinski definition) is 5. The van der Waals surface area contributed by atoms with Gasteiger partial charge in [0, 0.05) is 6.07 Å². The first kappa shape index (κ1) is 13.7. The summed E-state index contributed by atoms with van der Waals surface area (Å²) in [4.78, 5) is 38.7. The number of rotatable bonds is 2. The van der Waals surface area contributed by atoms with Gasteiger partial charge in [-0.15, -0.1) is 0 Å². The Morgan fingerprint density at radius 2 is 2.06 bits per heavy atom. The average molecular weight is 255 g/mol. The van der Waals surface area contributed by atoms with Gasteiger partial charge in [-0.3, -0.25) is 10.1 Å². The molecule has 0 atom stereocenters. The molecule has 98 valence electrons. The van der Waals surface area contributed by atoms with E-state index in [2.05, 4.69) is 10.3 Å². The van der Waals surface area contributed by atoms with E-state index < -0.39 is 29.0 Å². The molecule has 0 aromatic carbocycles. The van der Waals surface area contributed by atoms with E-state index >= 15 is 0 Å². The molecule has 8 nitrogen and oxygen atoms in total. The number of aromatic nitrogens is 2. The van der Waals surface area contributed by atoms with Crippen LogP contribution >= 0.6 is 0 Å². The lowest BCUT2D eigenvalue weighted by Gasteiger charge is -2.19. The van der Waals surface area contributed by atoms with Crippen molar-refractivity contribution in [1.82, 2.24) is 9.97 Å². The van der Waals surface area contributed by atoms with E-state index in [0.29, 0.717) is 0 Å². The maximum Gasteiger partial charge on any atom is 0.413 e. The lowest BCUT2D eigenvalue weighted by Crippen LogP contribution is -2.28. The Kier molecular flexibility index (Phi) is 3.70. The highest BCUT2D eigenvalue weighted by atomic mass is 16.6. The third-order valence-electron chi connectivity index (χ3n) is 1.57. The molecule has 1 aromatic rings. The van der Waals surface area contributed by atoms with Crippen LogP contribution in [0.4, 0.5) is 10.6 Å². The summed E-state index contributed by atoms with van der Waals surface area (Å²) >= 11 is 0. The van der Waals surface area contributed by atoms with Crippen molar-refractivity contribution in [3.8, 4) is 0 Å². The molecule has 0 radical (unpaired) electrons. The van der Waals surface area contributed by atoms with Crippen molar-refractivity contribution in [2.75, 3.05) is 5.32 Å². The highest BCUT2D eigenvalue weighted by Gasteiger charge is 2.17. The molecule has 0 aliphatic carbocycles. The van der Waals surface area contributed by atoms with E-state index in [9.17, 15) is 14.4 Å². The van der Waals surface area contributed by atoms with Gasteiger partial charge in [0.05, 0.1) is 0 Å². The minimum Gasteiger partial charge on any atom is -0.475 e. The zero-order valence-electron chi connectivity index (χ0n) is 10.1. The lowest BCUT2D eigenvalue weighted by molar-refractivity contribution is 0.0630. The van der Waals surface area contributed by atoms with Crippen molar-refractivity contribution in [2.24, 2.45) is 0 Å². The van der Waals surface area contributed by atoms with Crippen LogP contribution in [0, 0.1) is 0 Å². The normalized spacial score (nSPS) is 10.8. The highest BCUT2D eigenvalue weighted by Crippen LogP contribution is 2.09. The topological polar surface area (TPSA) is 121 Å². The number of carboxylic acids is 1. The zero-order valence-corrected chi connectivity index (χ0v) is 10.1. The van der Waals surface area contributed by atoms with Crippen molar-refractivity contribution >= 4 is 17.9 Å². The third kappa shape index (κ3) is 4.24. The number of aromatic carboxylic acids is 1. The number of ether oxygens (including phenoxy) is 1. The first-order valence-electron chi connectivity index (χ1n) is 5.02. The van der Waals surface area contributed by atoms with E-state index in [1.165, 1.54) is 0 Å². The van der Waals surface area contributed by atoms with E-state index in [0.717, 1.165) is 6.07 Å². The third-order valence-corrected chi connectivity index (χ3v) is 1.57. The monoisotopic (exact) mass is 255 g/mol. The number of aromatic amines is 1. The standard InChI is InChI=1S/C10H13N3O5/c1-10(2,3)18-9(17)12-5-4-6(14)13-7(11-5)8(15)16/h4H,1-3H3,(H,15,16)(H2,11,12,13,14,17). The van der Waals surface area contributed by atoms with Crippen LogP contribution in [0.15, 0.2) is 10.9 Å². The molecule has 0 aliphatic heterocycles. The van der Waals surface area contributed by atoms with Gasteiger partial charge >= 0.3 is 12.1 Å². The minimum absolute atomic E-state index is 0.189. The summed E-state index contributed by atoms with van der Waals surface area (Å²) in [5, 5.41) is 10.9. The van der Waals surface area contributed by atoms with Gasteiger partial charge in [-0.1, -0.05) is 0 Å². The smallest absolute Gasteiger partial charge is 0.413 e. The fourth-order valence-corrected chi connectivity index (χ4v) is 1.03. The van der Waals surface area contributed by atoms with Crippen molar-refractivity contribution in [1.29, 1.82) is 0 Å². The second kappa shape index (κ2) is 4.86. The van der Waals surface area contributed by atoms with Gasteiger partial charge in [0.25, 0.3) is 5.56 Å². The van der Waals surface area contributed by atoms with E-state index in [1.807, 2.05) is 4.98 Å². The average Bonchev–Trinajstić information content (AvgIpc) is 2.12. The van der Waals surface area contributed by atoms with Crippen LogP contribution < -0.4 is 10.9 Å². The molecule has 18 heavy (non-hydrogen) atoms. The summed E-state index contributed by atoms with van der Waals surface area (Å²) in [5.41, 5.74) is -1.39. The Balaban J connectivity index is 2.88. The van der Waals surface area contributed by atoms with Crippen LogP contribution in [-0.4, -0.2) is 32.7 Å². The summed E-state index contributed by atoms with van der Waals surface area (Å²) < 4.78 is 4.93. The van der Waals surface area contributed by atoms with Gasteiger partial charge in [0.15, 0.2) is 0 Å². The Labute approximate surface area is 102 Å². The van der Waals surface area contributed by atoms with Crippen molar-refractivity contribution < 1.29 is 19.4 Å². The number of carboxylic acid groups (broad SMARTS) is 1. The van der Waals surface area contributed by atoms with Gasteiger partial charge < -0.3 is 14.8 Å². The molecule has 1 amide bonds. The molecule has 1 rings (SSSR count). The molecule has 8 heteroatoms. The Morgan fingerprint density at radius 3 is 2.56 bits per heavy atom. The molecule has 0 aliphatic rings. The van der Waals surface area contributed by atoms with Gasteiger partial charge in [0.1, 0.15) is 11.4 Å². The summed E-state index contributed by atoms with van der Waals surface area (Å²) in [7, 11) is 0. The van der Waals surface area contributed by atoms with Crippen LogP contribution in [0.1, 0.15) is 31.4 Å². The maximum atomic E-state index is 11.4. The Bertz CT molecular complexity index is 529. The fraction of sp³-hybridized carbons (Fsp3) is 0.400. The van der Waals surface area contributed by atoms with Crippen molar-refractivity contribution in [3.05, 3.63) is 22.2 Å². The van der Waals surface area contributed by atoms with Crippen LogP contribution in [0.2, 0.25) is 0 Å². The number of nitrogens with one attached hydrogen (secondary N) is 2. The maximum absolute atomic E-state index is 11.4. The minimum atomic E-state index is -1.40. The molecule has 0 saturated heterocycles. The lowest BCUT2D eigenvalue weighted by atomic mass is 10.2. The van der Waals surface area contributed by atoms with Crippen LogP contribution in [0.25, 0.3) is 0 Å². The zero-order chi connectivity index (χ0) is 13.9. The second-order valence-electron chi connectivity index (χ2n) is 4.41. The molecule has 3 N–H and O–H groups in total. The van der Waals surface area contributed by atoms with Crippen LogP contribution in [0.5, 0.6) is 0 Å². The quantitative estimate of drug-likeness (QED) is 0.719. The molecule has 1 heterocycles. The van der Waals surface area contributed by atoms with Crippen LogP contribution in [0.3, 0.4) is 0 Å². The molecule has 0 bridgehead atoms. The first-order chi connectivity index (χ1) is 8.17. The van der Waals surface area contributed by atoms with Crippen molar-refractivity contribution in [2.45, 2.75) is 26.4 Å². The van der Waals surface area contributed by atoms with E-state index in [-0.39, 0.29) is 5.82 Å². The van der Waals surface area contributed by atoms with Crippen molar-refractivity contribution in [3.63, 3.8) is 0 Å². The molecule has 1 aromatic heterocycles. The number of carbonyl (C=O) groups excluding carboxylic acids is 1. The number of nitrogens with zero attached hydrogens (tertiary/aromatic N) is 1. The predicted octanol–water partition coefficient (Wildman–Crippen LogP) is 0.815. The van der Waals surface area contributed by atoms with E-state index in [1.54, 1.807) is 20.8 Å². The Morgan fingerprint density at radius 1 is 1.44 bits per heavy atom. The second-order valence-corrected chi connectivity index (χ2v) is 4.41. The van der Waals surface area contributed by atoms with Gasteiger partial charge in [-0.25, -0.2) is 14.6 Å². The molecular weight excluding hydrogens is 242 g/mol. The predicted molar refractivity (Wildman–Crippen MR) is 61.7 cm³/mol. The van der Waals surface area contributed by atoms with E-state index in [4.69, 9.17) is 9.84 Å². The molecule has 0 fully saturated rings. The molecule has 0 saturated carbocycles. The number of hydrogen-bond donors (Lipinski definition) is 3. The number of carbonyl (C=O) groups is 2. The Hall–Kier alpha value is -2.38. The van der Waals surface area contributed by atoms with Gasteiger partial charge in [-0.2, -0.15) is 0 Å². The molecular formula is C10H13N3O5. The SMILES string of the molecule is CC(C)(C)OC(=O)Nc1cc(=O)[nH]c(C(=O)O)n1. The molecule has 0 spiro atoms. The van der Waals surface area contributed by atoms with Gasteiger partial charge in [-0.05, 0) is 20.8 Å². The van der Waals surface area contributed by atoms with Crippen LogP contribution in [-0.2, 0) is 4.74 Å². The number of H-pyrrole nitrogens is 1. The summed E-state index contributed by atoms with van der Waals surface area (Å²) in [5.74, 6) is -2.15. The summed E-state index contributed by atoms with van der Waals surface area (Å²) in [6.45, 7) is 5.00. The number of amides is 1. The summed E-state index contributed by atoms with van der Waals surface area (Å²) in [6, 6.07) is 0.955. The first-order valence-corrected chi connectivity index (χ1v) is 5.02. The highest BCUT2D eigenvalue weighted by molar-refractivity contribution is 5.86. The largest absolute Gasteiger partial charge is 0.475 e. The molecule has 0 unspecified atom stereocenters. The summed E-state index contributed by atoms with van der Waals surface area (Å²) in [6.07, 6.45) is -0.822. The number of anilines is 1. The van der Waals surface area contributed by atoms with Gasteiger partial charge in [0.2, 0.25) is 5.82 Å². The fourth-order valence-electron chi connectivity index (χ4n) is 1.03.